The molecule has 93 valence electrons. The summed E-state index contributed by atoms with van der Waals surface area (Å²) in [6, 6.07) is 14.8. The molecule has 0 bridgehead atoms. The SMILES string of the molecule is Nc1ccc(-c2ncn(-c3cc[c]cc3)n2)cc1F. The van der Waals surface area contributed by atoms with Crippen LogP contribution in [0, 0.1) is 11.9 Å². The number of hydrogen-bond donors (Lipinski definition) is 1. The number of hydrogen-bond acceptors (Lipinski definition) is 3. The number of rotatable bonds is 2. The van der Waals surface area contributed by atoms with Gasteiger partial charge in [-0.2, -0.15) is 0 Å². The summed E-state index contributed by atoms with van der Waals surface area (Å²) in [5.74, 6) is -0.0186. The van der Waals surface area contributed by atoms with Crippen LogP contribution in [0.25, 0.3) is 17.1 Å². The smallest absolute Gasteiger partial charge is 0.181 e. The topological polar surface area (TPSA) is 56.7 Å². The minimum absolute atomic E-state index is 0.113. The molecule has 0 aliphatic carbocycles. The Labute approximate surface area is 109 Å². The molecule has 3 aromatic rings. The monoisotopic (exact) mass is 253 g/mol. The van der Waals surface area contributed by atoms with E-state index >= 15 is 0 Å². The largest absolute Gasteiger partial charge is 0.396 e. The average Bonchev–Trinajstić information content (AvgIpc) is 2.93. The fraction of sp³-hybridized carbons (Fsp3) is 0. The van der Waals surface area contributed by atoms with Crippen molar-refractivity contribution in [2.45, 2.75) is 0 Å². The highest BCUT2D eigenvalue weighted by atomic mass is 19.1. The van der Waals surface area contributed by atoms with E-state index in [-0.39, 0.29) is 5.69 Å². The molecule has 0 unspecified atom stereocenters. The van der Waals surface area contributed by atoms with Crippen molar-refractivity contribution in [3.8, 4) is 17.1 Å². The normalized spacial score (nSPS) is 10.6. The Morgan fingerprint density at radius 1 is 1.16 bits per heavy atom. The Morgan fingerprint density at radius 2 is 1.95 bits per heavy atom. The van der Waals surface area contributed by atoms with Crippen molar-refractivity contribution in [2.24, 2.45) is 0 Å². The number of anilines is 1. The van der Waals surface area contributed by atoms with Gasteiger partial charge in [0, 0.05) is 5.56 Å². The van der Waals surface area contributed by atoms with Crippen molar-refractivity contribution < 1.29 is 4.39 Å². The minimum atomic E-state index is -0.469. The Hall–Kier alpha value is -2.69. The Balaban J connectivity index is 1.99. The lowest BCUT2D eigenvalue weighted by Gasteiger charge is -2.00. The third kappa shape index (κ3) is 2.18. The van der Waals surface area contributed by atoms with Crippen molar-refractivity contribution in [3.63, 3.8) is 0 Å². The highest BCUT2D eigenvalue weighted by Crippen LogP contribution is 2.20. The van der Waals surface area contributed by atoms with Gasteiger partial charge in [-0.05, 0) is 36.4 Å². The summed E-state index contributed by atoms with van der Waals surface area (Å²) in [4.78, 5) is 4.17. The quantitative estimate of drug-likeness (QED) is 0.714. The van der Waals surface area contributed by atoms with Crippen LogP contribution in [-0.2, 0) is 0 Å². The second-order valence-corrected chi connectivity index (χ2v) is 4.01. The summed E-state index contributed by atoms with van der Waals surface area (Å²) < 4.78 is 15.0. The first-order chi connectivity index (χ1) is 9.24. The van der Waals surface area contributed by atoms with E-state index in [1.807, 2.05) is 12.1 Å². The van der Waals surface area contributed by atoms with Gasteiger partial charge in [0.25, 0.3) is 0 Å². The summed E-state index contributed by atoms with van der Waals surface area (Å²) in [6.07, 6.45) is 1.58. The van der Waals surface area contributed by atoms with Gasteiger partial charge in [0.2, 0.25) is 0 Å². The molecule has 1 heterocycles. The van der Waals surface area contributed by atoms with E-state index in [9.17, 15) is 4.39 Å². The number of nitrogen functional groups attached to an aromatic ring is 1. The number of nitrogens with zero attached hydrogens (tertiary/aromatic N) is 3. The van der Waals surface area contributed by atoms with Crippen LogP contribution in [0.4, 0.5) is 10.1 Å². The molecule has 0 spiro atoms. The van der Waals surface area contributed by atoms with Crippen molar-refractivity contribution in [1.29, 1.82) is 0 Å². The molecule has 1 aromatic heterocycles. The Morgan fingerprint density at radius 3 is 2.68 bits per heavy atom. The highest BCUT2D eigenvalue weighted by molar-refractivity contribution is 5.59. The van der Waals surface area contributed by atoms with Crippen LogP contribution in [0.5, 0.6) is 0 Å². The number of halogens is 1. The lowest BCUT2D eigenvalue weighted by molar-refractivity contribution is 0.633. The first-order valence-electron chi connectivity index (χ1n) is 5.67. The first-order valence-corrected chi connectivity index (χ1v) is 5.67. The van der Waals surface area contributed by atoms with Crippen molar-refractivity contribution >= 4 is 5.69 Å². The van der Waals surface area contributed by atoms with Crippen molar-refractivity contribution in [1.82, 2.24) is 14.8 Å². The molecule has 1 radical (unpaired) electrons. The van der Waals surface area contributed by atoms with Crippen LogP contribution in [0.2, 0.25) is 0 Å². The summed E-state index contributed by atoms with van der Waals surface area (Å²) in [5.41, 5.74) is 7.01. The zero-order chi connectivity index (χ0) is 13.2. The fourth-order valence-corrected chi connectivity index (χ4v) is 1.72. The first kappa shape index (κ1) is 11.4. The molecular formula is C14H10FN4. The zero-order valence-electron chi connectivity index (χ0n) is 9.92. The maximum Gasteiger partial charge on any atom is 0.181 e. The van der Waals surface area contributed by atoms with Crippen LogP contribution in [-0.4, -0.2) is 14.8 Å². The van der Waals surface area contributed by atoms with Crippen LogP contribution in [0.1, 0.15) is 0 Å². The molecule has 4 nitrogen and oxygen atoms in total. The fourth-order valence-electron chi connectivity index (χ4n) is 1.72. The van der Waals surface area contributed by atoms with Gasteiger partial charge in [0.1, 0.15) is 12.1 Å². The molecule has 0 saturated carbocycles. The summed E-state index contributed by atoms with van der Waals surface area (Å²) in [5, 5.41) is 4.31. The maximum absolute atomic E-state index is 13.4. The van der Waals surface area contributed by atoms with Gasteiger partial charge < -0.3 is 5.73 Å². The van der Waals surface area contributed by atoms with E-state index in [0.29, 0.717) is 11.4 Å². The molecule has 5 heteroatoms. The minimum Gasteiger partial charge on any atom is -0.396 e. The Bertz CT molecular complexity index is 706. The van der Waals surface area contributed by atoms with E-state index in [4.69, 9.17) is 5.73 Å². The van der Waals surface area contributed by atoms with E-state index < -0.39 is 5.82 Å². The van der Waals surface area contributed by atoms with Gasteiger partial charge in [-0.1, -0.05) is 12.1 Å². The molecule has 0 fully saturated rings. The Kier molecular flexibility index (Phi) is 2.72. The molecule has 19 heavy (non-hydrogen) atoms. The van der Waals surface area contributed by atoms with Crippen LogP contribution in [0.3, 0.4) is 0 Å². The summed E-state index contributed by atoms with van der Waals surface area (Å²) in [6.45, 7) is 0. The van der Waals surface area contributed by atoms with Crippen LogP contribution in [0.15, 0.2) is 48.8 Å². The van der Waals surface area contributed by atoms with Gasteiger partial charge in [-0.3, -0.25) is 0 Å². The van der Waals surface area contributed by atoms with E-state index in [1.165, 1.54) is 12.1 Å². The average molecular weight is 253 g/mol. The summed E-state index contributed by atoms with van der Waals surface area (Å²) in [7, 11) is 0. The number of benzene rings is 2. The summed E-state index contributed by atoms with van der Waals surface area (Å²) >= 11 is 0. The van der Waals surface area contributed by atoms with Gasteiger partial charge in [-0.15, -0.1) is 5.10 Å². The third-order valence-electron chi connectivity index (χ3n) is 2.72. The number of aromatic nitrogens is 3. The molecule has 0 aliphatic rings. The maximum atomic E-state index is 13.4. The zero-order valence-corrected chi connectivity index (χ0v) is 9.92. The van der Waals surface area contributed by atoms with Crippen LogP contribution >= 0.6 is 0 Å². The van der Waals surface area contributed by atoms with Crippen molar-refractivity contribution in [3.05, 3.63) is 60.7 Å². The predicted molar refractivity (Wildman–Crippen MR) is 70.0 cm³/mol. The van der Waals surface area contributed by atoms with Crippen LogP contribution < -0.4 is 5.73 Å². The predicted octanol–water partition coefficient (Wildman–Crippen LogP) is 2.46. The molecule has 2 N–H and O–H groups in total. The lowest BCUT2D eigenvalue weighted by atomic mass is 10.2. The molecule has 3 rings (SSSR count). The second kappa shape index (κ2) is 4.53. The van der Waals surface area contributed by atoms with E-state index in [0.717, 1.165) is 5.69 Å². The van der Waals surface area contributed by atoms with Gasteiger partial charge >= 0.3 is 0 Å². The van der Waals surface area contributed by atoms with Gasteiger partial charge in [-0.25, -0.2) is 14.1 Å². The molecule has 0 atom stereocenters. The molecule has 0 aliphatic heterocycles. The van der Waals surface area contributed by atoms with Crippen molar-refractivity contribution in [2.75, 3.05) is 5.73 Å². The molecule has 0 amide bonds. The lowest BCUT2D eigenvalue weighted by Crippen LogP contribution is -1.95. The second-order valence-electron chi connectivity index (χ2n) is 4.01. The van der Waals surface area contributed by atoms with Gasteiger partial charge in [0.05, 0.1) is 11.4 Å². The number of nitrogens with two attached hydrogens (primary N) is 1. The van der Waals surface area contributed by atoms with Gasteiger partial charge in [0.15, 0.2) is 5.82 Å². The highest BCUT2D eigenvalue weighted by Gasteiger charge is 2.07. The molecular weight excluding hydrogens is 243 g/mol. The molecule has 2 aromatic carbocycles. The third-order valence-corrected chi connectivity index (χ3v) is 2.72. The molecule has 0 saturated heterocycles. The van der Waals surface area contributed by atoms with E-state index in [2.05, 4.69) is 16.1 Å². The standard InChI is InChI=1S/C14H10FN4/c15-12-8-10(6-7-13(12)16)14-17-9-19(18-14)11-4-2-1-3-5-11/h2-9H,16H2. The van der Waals surface area contributed by atoms with E-state index in [1.54, 1.807) is 29.2 Å².